The van der Waals surface area contributed by atoms with Crippen LogP contribution in [-0.4, -0.2) is 16.1 Å². The number of amides is 1. The minimum Gasteiger partial charge on any atom is -0.399 e. The second-order valence-electron chi connectivity index (χ2n) is 3.29. The van der Waals surface area contributed by atoms with E-state index in [1.54, 1.807) is 12.1 Å². The SMILES string of the molecule is NC(=O)c1ccc(Sc2ccc(N)cc2)nn1. The van der Waals surface area contributed by atoms with E-state index in [4.69, 9.17) is 11.5 Å². The average molecular weight is 246 g/mol. The quantitative estimate of drug-likeness (QED) is 0.796. The number of carbonyl (C=O) groups excluding carboxylic acids is 1. The van der Waals surface area contributed by atoms with E-state index in [0.717, 1.165) is 4.90 Å². The molecule has 1 heterocycles. The summed E-state index contributed by atoms with van der Waals surface area (Å²) in [5.41, 5.74) is 11.5. The molecule has 4 N–H and O–H groups in total. The molecule has 0 aliphatic rings. The summed E-state index contributed by atoms with van der Waals surface area (Å²) in [5.74, 6) is -0.582. The molecule has 0 bridgehead atoms. The van der Waals surface area contributed by atoms with Crippen LogP contribution in [0.3, 0.4) is 0 Å². The standard InChI is InChI=1S/C11H10N4OS/c12-7-1-3-8(4-2-7)17-10-6-5-9(11(13)16)14-15-10/h1-6H,12H2,(H2,13,16). The molecule has 0 saturated heterocycles. The van der Waals surface area contributed by atoms with Crippen LogP contribution in [-0.2, 0) is 0 Å². The van der Waals surface area contributed by atoms with Crippen molar-refractivity contribution in [3.8, 4) is 0 Å². The summed E-state index contributed by atoms with van der Waals surface area (Å²) in [6.45, 7) is 0. The largest absolute Gasteiger partial charge is 0.399 e. The molecule has 0 saturated carbocycles. The zero-order chi connectivity index (χ0) is 12.3. The lowest BCUT2D eigenvalue weighted by Gasteiger charge is -2.01. The molecule has 2 aromatic rings. The highest BCUT2D eigenvalue weighted by Gasteiger charge is 2.04. The van der Waals surface area contributed by atoms with Gasteiger partial charge in [-0.1, -0.05) is 11.8 Å². The number of aromatic nitrogens is 2. The number of anilines is 1. The Morgan fingerprint density at radius 1 is 1.06 bits per heavy atom. The molecule has 0 unspecified atom stereocenters. The van der Waals surface area contributed by atoms with Crippen molar-refractivity contribution >= 4 is 23.4 Å². The Hall–Kier alpha value is -2.08. The second-order valence-corrected chi connectivity index (χ2v) is 4.39. The van der Waals surface area contributed by atoms with Gasteiger partial charge < -0.3 is 11.5 Å². The summed E-state index contributed by atoms with van der Waals surface area (Å²) >= 11 is 1.44. The molecular weight excluding hydrogens is 236 g/mol. The first kappa shape index (κ1) is 11.4. The number of hydrogen-bond donors (Lipinski definition) is 2. The first-order valence-electron chi connectivity index (χ1n) is 4.82. The minimum atomic E-state index is -0.582. The molecule has 0 aliphatic carbocycles. The minimum absolute atomic E-state index is 0.159. The van der Waals surface area contributed by atoms with Crippen molar-refractivity contribution < 1.29 is 4.79 Å². The molecule has 17 heavy (non-hydrogen) atoms. The van der Waals surface area contributed by atoms with Crippen LogP contribution in [0.15, 0.2) is 46.3 Å². The molecule has 1 aromatic heterocycles. The fourth-order valence-electron chi connectivity index (χ4n) is 1.16. The fourth-order valence-corrected chi connectivity index (χ4v) is 1.89. The third kappa shape index (κ3) is 2.94. The lowest BCUT2D eigenvalue weighted by Crippen LogP contribution is -2.13. The lowest BCUT2D eigenvalue weighted by molar-refractivity contribution is 0.0994. The third-order valence-electron chi connectivity index (χ3n) is 2.00. The van der Waals surface area contributed by atoms with E-state index in [0.29, 0.717) is 10.7 Å². The summed E-state index contributed by atoms with van der Waals surface area (Å²) in [5, 5.41) is 8.31. The van der Waals surface area contributed by atoms with Crippen LogP contribution >= 0.6 is 11.8 Å². The molecule has 6 heteroatoms. The van der Waals surface area contributed by atoms with Crippen LogP contribution in [0.4, 0.5) is 5.69 Å². The van der Waals surface area contributed by atoms with Crippen molar-refractivity contribution in [2.75, 3.05) is 5.73 Å². The maximum Gasteiger partial charge on any atom is 0.269 e. The maximum atomic E-state index is 10.8. The number of nitrogen functional groups attached to an aromatic ring is 1. The van der Waals surface area contributed by atoms with E-state index in [2.05, 4.69) is 10.2 Å². The van der Waals surface area contributed by atoms with Crippen molar-refractivity contribution in [3.63, 3.8) is 0 Å². The Balaban J connectivity index is 2.13. The molecule has 0 radical (unpaired) electrons. The van der Waals surface area contributed by atoms with Gasteiger partial charge in [0, 0.05) is 10.6 Å². The second kappa shape index (κ2) is 4.84. The Morgan fingerprint density at radius 3 is 2.29 bits per heavy atom. The number of hydrogen-bond acceptors (Lipinski definition) is 5. The monoisotopic (exact) mass is 246 g/mol. The Kier molecular flexibility index (Phi) is 3.24. The van der Waals surface area contributed by atoms with Gasteiger partial charge in [-0.15, -0.1) is 10.2 Å². The van der Waals surface area contributed by atoms with Gasteiger partial charge in [0.25, 0.3) is 5.91 Å². The van der Waals surface area contributed by atoms with E-state index in [1.807, 2.05) is 24.3 Å². The van der Waals surface area contributed by atoms with Crippen molar-refractivity contribution in [2.45, 2.75) is 9.92 Å². The fraction of sp³-hybridized carbons (Fsp3) is 0. The summed E-state index contributed by atoms with van der Waals surface area (Å²) < 4.78 is 0. The molecule has 1 aromatic carbocycles. The van der Waals surface area contributed by atoms with Gasteiger partial charge in [-0.05, 0) is 36.4 Å². The van der Waals surface area contributed by atoms with E-state index < -0.39 is 5.91 Å². The summed E-state index contributed by atoms with van der Waals surface area (Å²) in [4.78, 5) is 11.8. The third-order valence-corrected chi connectivity index (χ3v) is 2.93. The van der Waals surface area contributed by atoms with E-state index in [1.165, 1.54) is 11.8 Å². The molecule has 1 amide bonds. The van der Waals surface area contributed by atoms with Gasteiger partial charge in [0.1, 0.15) is 5.03 Å². The van der Waals surface area contributed by atoms with Gasteiger partial charge in [-0.2, -0.15) is 0 Å². The Bertz CT molecular complexity index is 524. The number of carbonyl (C=O) groups is 1. The van der Waals surface area contributed by atoms with Crippen LogP contribution in [0, 0.1) is 0 Å². The number of primary amides is 1. The van der Waals surface area contributed by atoms with E-state index >= 15 is 0 Å². The number of rotatable bonds is 3. The van der Waals surface area contributed by atoms with Gasteiger partial charge in [-0.3, -0.25) is 4.79 Å². The molecular formula is C11H10N4OS. The highest BCUT2D eigenvalue weighted by Crippen LogP contribution is 2.25. The molecule has 86 valence electrons. The zero-order valence-corrected chi connectivity index (χ0v) is 9.65. The average Bonchev–Trinajstić information content (AvgIpc) is 2.33. The van der Waals surface area contributed by atoms with Crippen LogP contribution in [0.1, 0.15) is 10.5 Å². The molecule has 2 rings (SSSR count). The summed E-state index contributed by atoms with van der Waals surface area (Å²) in [6.07, 6.45) is 0. The van der Waals surface area contributed by atoms with Crippen LogP contribution in [0.25, 0.3) is 0 Å². The van der Waals surface area contributed by atoms with E-state index in [-0.39, 0.29) is 5.69 Å². The smallest absolute Gasteiger partial charge is 0.269 e. The molecule has 0 atom stereocenters. The van der Waals surface area contributed by atoms with Gasteiger partial charge in [0.15, 0.2) is 5.69 Å². The normalized spacial score (nSPS) is 10.1. The van der Waals surface area contributed by atoms with Crippen LogP contribution in [0.5, 0.6) is 0 Å². The highest BCUT2D eigenvalue weighted by atomic mass is 32.2. The van der Waals surface area contributed by atoms with Crippen molar-refractivity contribution in [2.24, 2.45) is 5.73 Å². The predicted octanol–water partition coefficient (Wildman–Crippen LogP) is 1.31. The number of nitrogens with zero attached hydrogens (tertiary/aromatic N) is 2. The molecule has 5 nitrogen and oxygen atoms in total. The van der Waals surface area contributed by atoms with Crippen molar-refractivity contribution in [1.82, 2.24) is 10.2 Å². The van der Waals surface area contributed by atoms with Crippen molar-refractivity contribution in [3.05, 3.63) is 42.1 Å². The van der Waals surface area contributed by atoms with Gasteiger partial charge >= 0.3 is 0 Å². The predicted molar refractivity (Wildman–Crippen MR) is 65.5 cm³/mol. The zero-order valence-electron chi connectivity index (χ0n) is 8.83. The van der Waals surface area contributed by atoms with Crippen LogP contribution < -0.4 is 11.5 Å². The summed E-state index contributed by atoms with van der Waals surface area (Å²) in [6, 6.07) is 10.7. The van der Waals surface area contributed by atoms with Gasteiger partial charge in [-0.25, -0.2) is 0 Å². The Morgan fingerprint density at radius 2 is 1.76 bits per heavy atom. The molecule has 0 aliphatic heterocycles. The molecule has 0 spiro atoms. The van der Waals surface area contributed by atoms with Gasteiger partial charge in [0.05, 0.1) is 0 Å². The van der Waals surface area contributed by atoms with Gasteiger partial charge in [0.2, 0.25) is 0 Å². The number of nitrogens with two attached hydrogens (primary N) is 2. The maximum absolute atomic E-state index is 10.8. The van der Waals surface area contributed by atoms with E-state index in [9.17, 15) is 4.79 Å². The lowest BCUT2D eigenvalue weighted by atomic mass is 10.3. The summed E-state index contributed by atoms with van der Waals surface area (Å²) in [7, 11) is 0. The first-order valence-corrected chi connectivity index (χ1v) is 5.64. The molecule has 0 fully saturated rings. The number of benzene rings is 1. The topological polar surface area (TPSA) is 94.9 Å². The Labute approximate surface area is 102 Å². The highest BCUT2D eigenvalue weighted by molar-refractivity contribution is 7.99. The van der Waals surface area contributed by atoms with Crippen LogP contribution in [0.2, 0.25) is 0 Å². The first-order chi connectivity index (χ1) is 8.15. The van der Waals surface area contributed by atoms with Crippen molar-refractivity contribution in [1.29, 1.82) is 0 Å².